The third-order valence-corrected chi connectivity index (χ3v) is 6.21. The van der Waals surface area contributed by atoms with E-state index in [1.807, 2.05) is 6.92 Å². The lowest BCUT2D eigenvalue weighted by Crippen LogP contribution is -2.51. The molecule has 0 saturated carbocycles. The predicted molar refractivity (Wildman–Crippen MR) is 89.5 cm³/mol. The van der Waals surface area contributed by atoms with E-state index in [2.05, 4.69) is 4.74 Å². The van der Waals surface area contributed by atoms with Crippen LogP contribution in [0.5, 0.6) is 5.75 Å². The molecule has 0 aliphatic carbocycles. The number of nitrogens with two attached hydrogens (primary N) is 1. The van der Waals surface area contributed by atoms with Crippen LogP contribution in [0.1, 0.15) is 36.5 Å². The minimum Gasteiger partial charge on any atom is -0.496 e. The summed E-state index contributed by atoms with van der Waals surface area (Å²) in [5, 5.41) is 0. The molecule has 1 aliphatic rings. The Morgan fingerprint density at radius 3 is 2.62 bits per heavy atom. The van der Waals surface area contributed by atoms with Gasteiger partial charge in [0.2, 0.25) is 10.0 Å². The smallest absolute Gasteiger partial charge is 0.341 e. The number of ether oxygens (including phenoxy) is 2. The highest BCUT2D eigenvalue weighted by molar-refractivity contribution is 7.89. The van der Waals surface area contributed by atoms with Crippen molar-refractivity contribution in [1.29, 1.82) is 0 Å². The summed E-state index contributed by atoms with van der Waals surface area (Å²) in [6.45, 7) is 2.26. The van der Waals surface area contributed by atoms with Gasteiger partial charge < -0.3 is 15.2 Å². The minimum atomic E-state index is -3.72. The van der Waals surface area contributed by atoms with Crippen LogP contribution >= 0.6 is 0 Å². The van der Waals surface area contributed by atoms with Gasteiger partial charge in [0.05, 0.1) is 19.1 Å². The van der Waals surface area contributed by atoms with Gasteiger partial charge in [-0.15, -0.1) is 0 Å². The summed E-state index contributed by atoms with van der Waals surface area (Å²) in [5.74, 6) is -0.417. The topological polar surface area (TPSA) is 98.9 Å². The molecule has 1 aromatic rings. The van der Waals surface area contributed by atoms with Gasteiger partial charge in [-0.1, -0.05) is 6.42 Å². The number of hydrogen-bond acceptors (Lipinski definition) is 6. The Hall–Kier alpha value is -1.64. The molecule has 134 valence electrons. The van der Waals surface area contributed by atoms with Crippen LogP contribution in [0.25, 0.3) is 0 Å². The lowest BCUT2D eigenvalue weighted by molar-refractivity contribution is 0.0597. The van der Waals surface area contributed by atoms with E-state index in [1.54, 1.807) is 0 Å². The van der Waals surface area contributed by atoms with Gasteiger partial charge in [0.1, 0.15) is 11.3 Å². The van der Waals surface area contributed by atoms with Gasteiger partial charge in [-0.2, -0.15) is 4.31 Å². The van der Waals surface area contributed by atoms with E-state index < -0.39 is 16.0 Å². The third-order valence-electron chi connectivity index (χ3n) is 4.29. The number of esters is 1. The summed E-state index contributed by atoms with van der Waals surface area (Å²) in [4.78, 5) is 11.8. The van der Waals surface area contributed by atoms with Gasteiger partial charge >= 0.3 is 5.97 Å². The average Bonchev–Trinajstić information content (AvgIpc) is 2.60. The Kier molecular flexibility index (Phi) is 5.84. The SMILES string of the molecule is COC(=O)c1ccc(S(=O)(=O)N2CCCCC2C(C)N)cc1OC. The molecule has 0 radical (unpaired) electrons. The van der Waals surface area contributed by atoms with E-state index in [-0.39, 0.29) is 28.3 Å². The van der Waals surface area contributed by atoms with Crippen LogP contribution < -0.4 is 10.5 Å². The van der Waals surface area contributed by atoms with Gasteiger partial charge in [0, 0.05) is 24.7 Å². The van der Waals surface area contributed by atoms with Crippen molar-refractivity contribution in [3.8, 4) is 5.75 Å². The van der Waals surface area contributed by atoms with Crippen molar-refractivity contribution >= 4 is 16.0 Å². The Morgan fingerprint density at radius 1 is 1.33 bits per heavy atom. The van der Waals surface area contributed by atoms with Gasteiger partial charge in [-0.25, -0.2) is 13.2 Å². The van der Waals surface area contributed by atoms with Crippen molar-refractivity contribution < 1.29 is 22.7 Å². The van der Waals surface area contributed by atoms with Crippen LogP contribution in [0.15, 0.2) is 23.1 Å². The number of sulfonamides is 1. The van der Waals surface area contributed by atoms with Crippen molar-refractivity contribution in [2.75, 3.05) is 20.8 Å². The minimum absolute atomic E-state index is 0.0829. The molecule has 0 bridgehead atoms. The first-order valence-corrected chi connectivity index (χ1v) is 9.30. The highest BCUT2D eigenvalue weighted by Crippen LogP contribution is 2.30. The zero-order valence-electron chi connectivity index (χ0n) is 14.2. The van der Waals surface area contributed by atoms with Crippen LogP contribution in [0.4, 0.5) is 0 Å². The maximum Gasteiger partial charge on any atom is 0.341 e. The molecule has 2 atom stereocenters. The lowest BCUT2D eigenvalue weighted by Gasteiger charge is -2.36. The van der Waals surface area contributed by atoms with Crippen molar-refractivity contribution in [2.45, 2.75) is 43.2 Å². The van der Waals surface area contributed by atoms with Gasteiger partial charge in [0.15, 0.2) is 0 Å². The fraction of sp³-hybridized carbons (Fsp3) is 0.562. The van der Waals surface area contributed by atoms with Crippen LogP contribution in [-0.4, -0.2) is 51.5 Å². The third kappa shape index (κ3) is 3.55. The molecule has 7 nitrogen and oxygen atoms in total. The second kappa shape index (κ2) is 7.50. The Balaban J connectivity index is 2.43. The van der Waals surface area contributed by atoms with E-state index >= 15 is 0 Å². The Labute approximate surface area is 142 Å². The highest BCUT2D eigenvalue weighted by atomic mass is 32.2. The summed E-state index contributed by atoms with van der Waals surface area (Å²) < 4.78 is 37.3. The summed E-state index contributed by atoms with van der Waals surface area (Å²) in [7, 11) is -1.08. The molecule has 1 aromatic carbocycles. The summed E-state index contributed by atoms with van der Waals surface area (Å²) in [6, 6.07) is 3.68. The second-order valence-electron chi connectivity index (χ2n) is 5.89. The first kappa shape index (κ1) is 18.7. The van der Waals surface area contributed by atoms with E-state index in [1.165, 1.54) is 36.7 Å². The van der Waals surface area contributed by atoms with Gasteiger partial charge in [0.25, 0.3) is 0 Å². The number of hydrogen-bond donors (Lipinski definition) is 1. The normalized spacial score (nSPS) is 20.4. The molecule has 0 spiro atoms. The van der Waals surface area contributed by atoms with Crippen molar-refractivity contribution in [2.24, 2.45) is 5.73 Å². The molecule has 1 saturated heterocycles. The van der Waals surface area contributed by atoms with E-state index in [0.717, 1.165) is 19.3 Å². The van der Waals surface area contributed by atoms with Crippen LogP contribution in [0, 0.1) is 0 Å². The monoisotopic (exact) mass is 356 g/mol. The molecule has 8 heteroatoms. The molecule has 2 rings (SSSR count). The standard InChI is InChI=1S/C16H24N2O5S/c1-11(17)14-6-4-5-9-18(14)24(20,21)12-7-8-13(16(19)23-3)15(10-12)22-2/h7-8,10-11,14H,4-6,9,17H2,1-3H3. The van der Waals surface area contributed by atoms with Gasteiger partial charge in [-0.3, -0.25) is 0 Å². The molecular formula is C16H24N2O5S. The summed E-state index contributed by atoms with van der Waals surface area (Å²) in [6.07, 6.45) is 2.51. The molecule has 2 N–H and O–H groups in total. The molecule has 1 heterocycles. The maximum atomic E-state index is 13.0. The molecule has 1 aliphatic heterocycles. The highest BCUT2D eigenvalue weighted by Gasteiger charge is 2.35. The quantitative estimate of drug-likeness (QED) is 0.800. The molecule has 0 amide bonds. The van der Waals surface area contributed by atoms with E-state index in [9.17, 15) is 13.2 Å². The van der Waals surface area contributed by atoms with Crippen LogP contribution in [-0.2, 0) is 14.8 Å². The van der Waals surface area contributed by atoms with E-state index in [4.69, 9.17) is 10.5 Å². The second-order valence-corrected chi connectivity index (χ2v) is 7.78. The first-order valence-electron chi connectivity index (χ1n) is 7.86. The lowest BCUT2D eigenvalue weighted by atomic mass is 10.00. The molecule has 0 aromatic heterocycles. The molecule has 24 heavy (non-hydrogen) atoms. The Morgan fingerprint density at radius 2 is 2.04 bits per heavy atom. The van der Waals surface area contributed by atoms with Crippen molar-refractivity contribution in [3.63, 3.8) is 0 Å². The zero-order valence-corrected chi connectivity index (χ0v) is 15.0. The fourth-order valence-electron chi connectivity index (χ4n) is 3.00. The van der Waals surface area contributed by atoms with E-state index in [0.29, 0.717) is 6.54 Å². The van der Waals surface area contributed by atoms with Crippen molar-refractivity contribution in [3.05, 3.63) is 23.8 Å². The number of benzene rings is 1. The molecule has 1 fully saturated rings. The van der Waals surface area contributed by atoms with Crippen LogP contribution in [0.2, 0.25) is 0 Å². The number of rotatable bonds is 5. The zero-order chi connectivity index (χ0) is 17.9. The first-order chi connectivity index (χ1) is 11.3. The summed E-state index contributed by atoms with van der Waals surface area (Å²) >= 11 is 0. The average molecular weight is 356 g/mol. The fourth-order valence-corrected chi connectivity index (χ4v) is 4.79. The molecular weight excluding hydrogens is 332 g/mol. The van der Waals surface area contributed by atoms with Crippen LogP contribution in [0.3, 0.4) is 0 Å². The maximum absolute atomic E-state index is 13.0. The van der Waals surface area contributed by atoms with Gasteiger partial charge in [-0.05, 0) is 31.9 Å². The number of nitrogens with zero attached hydrogens (tertiary/aromatic N) is 1. The number of methoxy groups -OCH3 is 2. The van der Waals surface area contributed by atoms with Crippen molar-refractivity contribution in [1.82, 2.24) is 4.31 Å². The largest absolute Gasteiger partial charge is 0.496 e. The molecule has 2 unspecified atom stereocenters. The summed E-state index contributed by atoms with van der Waals surface area (Å²) in [5.41, 5.74) is 6.16. The number of carbonyl (C=O) groups is 1. The predicted octanol–water partition coefficient (Wildman–Crippen LogP) is 1.37. The number of piperidine rings is 1. The Bertz CT molecular complexity index is 702. The number of carbonyl (C=O) groups excluding carboxylic acids is 1.